The zero-order chi connectivity index (χ0) is 19.3. The quantitative estimate of drug-likeness (QED) is 0.688. The first-order valence-corrected chi connectivity index (χ1v) is 9.88. The van der Waals surface area contributed by atoms with Crippen molar-refractivity contribution in [2.24, 2.45) is 0 Å². The molecule has 0 saturated carbocycles. The van der Waals surface area contributed by atoms with Gasteiger partial charge >= 0.3 is 6.03 Å². The van der Waals surface area contributed by atoms with Crippen molar-refractivity contribution in [1.82, 2.24) is 15.2 Å². The van der Waals surface area contributed by atoms with Gasteiger partial charge in [0.05, 0.1) is 12.2 Å². The summed E-state index contributed by atoms with van der Waals surface area (Å²) in [4.78, 5) is 31.6. The van der Waals surface area contributed by atoms with Gasteiger partial charge in [0, 0.05) is 10.9 Å². The predicted molar refractivity (Wildman–Crippen MR) is 103 cm³/mol. The molecule has 1 spiro atoms. The Kier molecular flexibility index (Phi) is 3.80. The van der Waals surface area contributed by atoms with E-state index in [0.29, 0.717) is 12.1 Å². The maximum absolute atomic E-state index is 13.2. The highest BCUT2D eigenvalue weighted by Gasteiger charge is 2.55. The molecule has 28 heavy (non-hydrogen) atoms. The summed E-state index contributed by atoms with van der Waals surface area (Å²) in [5.41, 5.74) is 2.47. The Morgan fingerprint density at radius 2 is 1.93 bits per heavy atom. The van der Waals surface area contributed by atoms with Gasteiger partial charge in [-0.1, -0.05) is 24.3 Å². The lowest BCUT2D eigenvalue weighted by Crippen LogP contribution is -2.41. The van der Waals surface area contributed by atoms with Gasteiger partial charge < -0.3 is 5.32 Å². The van der Waals surface area contributed by atoms with Crippen molar-refractivity contribution in [3.8, 4) is 10.6 Å². The number of carbonyl (C=O) groups is 2. The van der Waals surface area contributed by atoms with Gasteiger partial charge in [-0.05, 0) is 48.2 Å². The standard InChI is InChI=1S/C21H16FN3O2S/c22-15-7-5-14(6-8-15)18-23-16(12-28-18)11-25-19(26)21(24-20(25)27)10-9-13-3-1-2-4-17(13)21/h1-8,12H,9-11H2,(H,24,27). The fourth-order valence-corrected chi connectivity index (χ4v) is 4.82. The van der Waals surface area contributed by atoms with E-state index in [2.05, 4.69) is 10.3 Å². The molecular weight excluding hydrogens is 377 g/mol. The Morgan fingerprint density at radius 1 is 1.14 bits per heavy atom. The number of aromatic nitrogens is 1. The summed E-state index contributed by atoms with van der Waals surface area (Å²) >= 11 is 1.40. The molecule has 1 aliphatic carbocycles. The SMILES string of the molecule is O=C1NC2(CCc3ccccc32)C(=O)N1Cc1csc(-c2ccc(F)cc2)n1. The minimum absolute atomic E-state index is 0.117. The second-order valence-corrected chi connectivity index (χ2v) is 7.89. The van der Waals surface area contributed by atoms with Gasteiger partial charge in [0.15, 0.2) is 0 Å². The van der Waals surface area contributed by atoms with E-state index in [4.69, 9.17) is 0 Å². The zero-order valence-electron chi connectivity index (χ0n) is 14.8. The molecule has 1 aliphatic heterocycles. The number of hydrogen-bond acceptors (Lipinski definition) is 4. The Hall–Kier alpha value is -3.06. The molecule has 140 valence electrons. The van der Waals surface area contributed by atoms with Crippen LogP contribution in [0.5, 0.6) is 0 Å². The molecule has 1 fully saturated rings. The van der Waals surface area contributed by atoms with Crippen LogP contribution in [0.1, 0.15) is 23.2 Å². The largest absolute Gasteiger partial charge is 0.325 e. The summed E-state index contributed by atoms with van der Waals surface area (Å²) in [6.45, 7) is 0.117. The lowest BCUT2D eigenvalue weighted by Gasteiger charge is -2.22. The zero-order valence-corrected chi connectivity index (χ0v) is 15.6. The number of urea groups is 1. The van der Waals surface area contributed by atoms with E-state index in [1.165, 1.54) is 28.4 Å². The third kappa shape index (κ3) is 2.54. The van der Waals surface area contributed by atoms with Gasteiger partial charge in [0.2, 0.25) is 0 Å². The van der Waals surface area contributed by atoms with Crippen molar-refractivity contribution in [1.29, 1.82) is 0 Å². The van der Waals surface area contributed by atoms with Crippen molar-refractivity contribution in [2.75, 3.05) is 0 Å². The number of benzene rings is 2. The van der Waals surface area contributed by atoms with E-state index in [1.54, 1.807) is 12.1 Å². The van der Waals surface area contributed by atoms with Gasteiger partial charge in [0.1, 0.15) is 16.4 Å². The second-order valence-electron chi connectivity index (χ2n) is 7.03. The number of amides is 3. The maximum Gasteiger partial charge on any atom is 0.325 e. The van der Waals surface area contributed by atoms with E-state index in [0.717, 1.165) is 28.1 Å². The van der Waals surface area contributed by atoms with E-state index in [-0.39, 0.29) is 18.3 Å². The number of imide groups is 1. The fraction of sp³-hybridized carbons (Fsp3) is 0.190. The molecule has 5 nitrogen and oxygen atoms in total. The topological polar surface area (TPSA) is 62.3 Å². The molecule has 3 aromatic rings. The monoisotopic (exact) mass is 393 g/mol. The molecule has 7 heteroatoms. The van der Waals surface area contributed by atoms with Gasteiger partial charge in [0.25, 0.3) is 5.91 Å². The van der Waals surface area contributed by atoms with Crippen molar-refractivity contribution in [3.05, 3.63) is 76.5 Å². The van der Waals surface area contributed by atoms with Crippen molar-refractivity contribution in [3.63, 3.8) is 0 Å². The first-order valence-electron chi connectivity index (χ1n) is 9.00. The minimum atomic E-state index is -0.955. The lowest BCUT2D eigenvalue weighted by atomic mass is 9.92. The molecule has 1 aromatic heterocycles. The third-order valence-corrected chi connectivity index (χ3v) is 6.33. The molecule has 0 bridgehead atoms. The molecule has 5 rings (SSSR count). The predicted octanol–water partition coefficient (Wildman–Crippen LogP) is 3.84. The molecule has 2 aliphatic rings. The van der Waals surface area contributed by atoms with Crippen LogP contribution in [0.15, 0.2) is 53.9 Å². The van der Waals surface area contributed by atoms with Crippen LogP contribution in [0.25, 0.3) is 10.6 Å². The molecule has 2 aromatic carbocycles. The van der Waals surface area contributed by atoms with Crippen molar-refractivity contribution >= 4 is 23.3 Å². The van der Waals surface area contributed by atoms with E-state index < -0.39 is 11.6 Å². The highest BCUT2D eigenvalue weighted by molar-refractivity contribution is 7.13. The number of nitrogens with one attached hydrogen (secondary N) is 1. The summed E-state index contributed by atoms with van der Waals surface area (Å²) in [6.07, 6.45) is 1.34. The van der Waals surface area contributed by atoms with E-state index in [1.807, 2.05) is 29.6 Å². The summed E-state index contributed by atoms with van der Waals surface area (Å²) in [5, 5.41) is 5.47. The number of halogens is 1. The van der Waals surface area contributed by atoms with Crippen LogP contribution < -0.4 is 5.32 Å². The number of nitrogens with zero attached hydrogens (tertiary/aromatic N) is 2. The number of carbonyl (C=O) groups excluding carboxylic acids is 2. The number of aryl methyl sites for hydroxylation is 1. The lowest BCUT2D eigenvalue weighted by molar-refractivity contribution is -0.132. The molecule has 1 N–H and O–H groups in total. The molecule has 0 radical (unpaired) electrons. The van der Waals surface area contributed by atoms with Crippen molar-refractivity contribution in [2.45, 2.75) is 24.9 Å². The van der Waals surface area contributed by atoms with Crippen LogP contribution in [0.2, 0.25) is 0 Å². The highest BCUT2D eigenvalue weighted by atomic mass is 32.1. The smallest absolute Gasteiger partial charge is 0.319 e. The van der Waals surface area contributed by atoms with Gasteiger partial charge in [-0.3, -0.25) is 9.69 Å². The molecule has 3 amide bonds. The van der Waals surface area contributed by atoms with Crippen molar-refractivity contribution < 1.29 is 14.0 Å². The van der Waals surface area contributed by atoms with E-state index >= 15 is 0 Å². The van der Waals surface area contributed by atoms with Gasteiger partial charge in [-0.25, -0.2) is 14.2 Å². The van der Waals surface area contributed by atoms with Crippen LogP contribution in [0.4, 0.5) is 9.18 Å². The van der Waals surface area contributed by atoms with E-state index in [9.17, 15) is 14.0 Å². The number of thiazole rings is 1. The Morgan fingerprint density at radius 3 is 2.75 bits per heavy atom. The van der Waals surface area contributed by atoms with Crippen LogP contribution in [0.3, 0.4) is 0 Å². The number of rotatable bonds is 3. The average Bonchev–Trinajstić information content (AvgIpc) is 3.37. The molecule has 1 atom stereocenters. The molecule has 1 saturated heterocycles. The molecular formula is C21H16FN3O2S. The maximum atomic E-state index is 13.2. The van der Waals surface area contributed by atoms with Gasteiger partial charge in [-0.2, -0.15) is 0 Å². The first-order chi connectivity index (χ1) is 13.6. The Bertz CT molecular complexity index is 1100. The minimum Gasteiger partial charge on any atom is -0.319 e. The van der Waals surface area contributed by atoms with Crippen LogP contribution >= 0.6 is 11.3 Å². The first kappa shape index (κ1) is 17.1. The highest BCUT2D eigenvalue weighted by Crippen LogP contribution is 2.41. The van der Waals surface area contributed by atoms with Gasteiger partial charge in [-0.15, -0.1) is 11.3 Å². The van der Waals surface area contributed by atoms with Crippen LogP contribution in [0, 0.1) is 5.82 Å². The summed E-state index contributed by atoms with van der Waals surface area (Å²) < 4.78 is 13.1. The third-order valence-electron chi connectivity index (χ3n) is 5.39. The summed E-state index contributed by atoms with van der Waals surface area (Å²) in [5.74, 6) is -0.527. The molecule has 2 heterocycles. The Labute approximate surface area is 164 Å². The second kappa shape index (κ2) is 6.24. The normalized spacial score (nSPS) is 20.7. The van der Waals surface area contributed by atoms with Crippen LogP contribution in [-0.2, 0) is 23.3 Å². The average molecular weight is 393 g/mol. The molecule has 1 unspecified atom stereocenters. The number of fused-ring (bicyclic) bond motifs is 2. The fourth-order valence-electron chi connectivity index (χ4n) is 4.00. The summed E-state index contributed by atoms with van der Waals surface area (Å²) in [6, 6.07) is 13.5. The number of hydrogen-bond donors (Lipinski definition) is 1. The Balaban J connectivity index is 1.40. The van der Waals surface area contributed by atoms with Crippen LogP contribution in [-0.4, -0.2) is 21.8 Å². The summed E-state index contributed by atoms with van der Waals surface area (Å²) in [7, 11) is 0.